The van der Waals surface area contributed by atoms with Gasteiger partial charge in [-0.3, -0.25) is 9.69 Å². The van der Waals surface area contributed by atoms with Crippen molar-refractivity contribution in [2.45, 2.75) is 37.8 Å². The van der Waals surface area contributed by atoms with Crippen LogP contribution in [0.3, 0.4) is 0 Å². The molecule has 1 N–H and O–H groups in total. The summed E-state index contributed by atoms with van der Waals surface area (Å²) >= 11 is 0. The summed E-state index contributed by atoms with van der Waals surface area (Å²) in [7, 11) is 0. The van der Waals surface area contributed by atoms with Gasteiger partial charge >= 0.3 is 0 Å². The number of rotatable bonds is 2. The summed E-state index contributed by atoms with van der Waals surface area (Å²) in [5.74, 6) is 0.341. The van der Waals surface area contributed by atoms with Crippen LogP contribution in [0.25, 0.3) is 0 Å². The van der Waals surface area contributed by atoms with E-state index in [1.165, 1.54) is 12.8 Å². The Kier molecular flexibility index (Phi) is 2.86. The minimum Gasteiger partial charge on any atom is -0.339 e. The van der Waals surface area contributed by atoms with Gasteiger partial charge < -0.3 is 10.2 Å². The lowest BCUT2D eigenvalue weighted by Gasteiger charge is -2.36. The molecular weight excluding hydrogens is 202 g/mol. The van der Waals surface area contributed by atoms with E-state index in [2.05, 4.69) is 15.1 Å². The number of carbonyl (C=O) groups excluding carboxylic acids is 1. The summed E-state index contributed by atoms with van der Waals surface area (Å²) in [6.45, 7) is 5.06. The smallest absolute Gasteiger partial charge is 0.239 e. The van der Waals surface area contributed by atoms with Crippen molar-refractivity contribution in [1.82, 2.24) is 15.1 Å². The van der Waals surface area contributed by atoms with Crippen LogP contribution in [0.2, 0.25) is 0 Å². The molecule has 16 heavy (non-hydrogen) atoms. The van der Waals surface area contributed by atoms with Crippen molar-refractivity contribution in [2.24, 2.45) is 0 Å². The highest BCUT2D eigenvalue weighted by Gasteiger charge is 2.34. The van der Waals surface area contributed by atoms with Gasteiger partial charge in [-0.25, -0.2) is 0 Å². The second-order valence-corrected chi connectivity index (χ2v) is 5.24. The van der Waals surface area contributed by atoms with Crippen molar-refractivity contribution >= 4 is 5.91 Å². The van der Waals surface area contributed by atoms with Crippen LogP contribution in [0.4, 0.5) is 0 Å². The van der Waals surface area contributed by atoms with Gasteiger partial charge in [-0.15, -0.1) is 0 Å². The van der Waals surface area contributed by atoms with Crippen LogP contribution < -0.4 is 5.32 Å². The van der Waals surface area contributed by atoms with Crippen molar-refractivity contribution in [3.05, 3.63) is 0 Å². The van der Waals surface area contributed by atoms with Crippen molar-refractivity contribution in [3.63, 3.8) is 0 Å². The van der Waals surface area contributed by atoms with E-state index >= 15 is 0 Å². The molecule has 0 aromatic heterocycles. The van der Waals surface area contributed by atoms with Crippen molar-refractivity contribution in [3.8, 4) is 0 Å². The number of piperazine rings is 1. The fourth-order valence-electron chi connectivity index (χ4n) is 2.86. The minimum absolute atomic E-state index is 0.118. The largest absolute Gasteiger partial charge is 0.339 e. The third-order valence-electron chi connectivity index (χ3n) is 4.05. The van der Waals surface area contributed by atoms with E-state index in [1.54, 1.807) is 0 Å². The maximum Gasteiger partial charge on any atom is 0.239 e. The first-order chi connectivity index (χ1) is 7.84. The standard InChI is InChI=1S/C12H21N3O/c16-12(11-2-1-5-13-11)15-8-6-14(7-9-15)10-3-4-10/h10-11,13H,1-9H2/t11-/m1/s1. The zero-order chi connectivity index (χ0) is 11.0. The molecule has 4 nitrogen and oxygen atoms in total. The predicted molar refractivity (Wildman–Crippen MR) is 62.2 cm³/mol. The third kappa shape index (κ3) is 2.09. The summed E-state index contributed by atoms with van der Waals surface area (Å²) in [5.41, 5.74) is 0. The van der Waals surface area contributed by atoms with Crippen LogP contribution in [0.15, 0.2) is 0 Å². The van der Waals surface area contributed by atoms with Gasteiger partial charge in [0, 0.05) is 32.2 Å². The first-order valence-corrected chi connectivity index (χ1v) is 6.61. The molecule has 3 fully saturated rings. The summed E-state index contributed by atoms with van der Waals surface area (Å²) in [5, 5.41) is 3.30. The molecule has 0 unspecified atom stereocenters. The van der Waals surface area contributed by atoms with E-state index in [0.29, 0.717) is 5.91 Å². The summed E-state index contributed by atoms with van der Waals surface area (Å²) in [6, 6.07) is 0.967. The van der Waals surface area contributed by atoms with E-state index in [1.807, 2.05) is 0 Å². The van der Waals surface area contributed by atoms with Gasteiger partial charge in [0.1, 0.15) is 0 Å². The lowest BCUT2D eigenvalue weighted by molar-refractivity contribution is -0.134. The van der Waals surface area contributed by atoms with E-state index in [-0.39, 0.29) is 6.04 Å². The summed E-state index contributed by atoms with van der Waals surface area (Å²) in [6.07, 6.45) is 4.93. The first kappa shape index (κ1) is 10.5. The second-order valence-electron chi connectivity index (χ2n) is 5.24. The number of hydrogen-bond acceptors (Lipinski definition) is 3. The molecule has 2 aliphatic heterocycles. The molecule has 1 amide bonds. The zero-order valence-corrected chi connectivity index (χ0v) is 9.82. The fourth-order valence-corrected chi connectivity index (χ4v) is 2.86. The maximum atomic E-state index is 12.1. The normalized spacial score (nSPS) is 32.0. The Balaban J connectivity index is 1.50. The highest BCUT2D eigenvalue weighted by atomic mass is 16.2. The topological polar surface area (TPSA) is 35.6 Å². The molecule has 1 saturated carbocycles. The van der Waals surface area contributed by atoms with Gasteiger partial charge in [-0.1, -0.05) is 0 Å². The van der Waals surface area contributed by atoms with Crippen LogP contribution >= 0.6 is 0 Å². The highest BCUT2D eigenvalue weighted by molar-refractivity contribution is 5.82. The van der Waals surface area contributed by atoms with Gasteiger partial charge in [0.2, 0.25) is 5.91 Å². The molecule has 3 rings (SSSR count). The van der Waals surface area contributed by atoms with Gasteiger partial charge in [-0.2, -0.15) is 0 Å². The molecule has 0 aromatic rings. The Morgan fingerprint density at radius 1 is 1.06 bits per heavy atom. The summed E-state index contributed by atoms with van der Waals surface area (Å²) in [4.78, 5) is 16.7. The third-order valence-corrected chi connectivity index (χ3v) is 4.05. The summed E-state index contributed by atoms with van der Waals surface area (Å²) < 4.78 is 0. The average Bonchev–Trinajstić information content (AvgIpc) is 3.04. The monoisotopic (exact) mass is 223 g/mol. The molecule has 0 bridgehead atoms. The van der Waals surface area contributed by atoms with Crippen LogP contribution in [0.5, 0.6) is 0 Å². The molecule has 2 saturated heterocycles. The van der Waals surface area contributed by atoms with Gasteiger partial charge in [-0.05, 0) is 32.2 Å². The molecule has 90 valence electrons. The molecule has 0 radical (unpaired) electrons. The Morgan fingerprint density at radius 3 is 2.38 bits per heavy atom. The number of amides is 1. The number of nitrogens with zero attached hydrogens (tertiary/aromatic N) is 2. The van der Waals surface area contributed by atoms with Crippen molar-refractivity contribution < 1.29 is 4.79 Å². The van der Waals surface area contributed by atoms with Gasteiger partial charge in [0.25, 0.3) is 0 Å². The van der Waals surface area contributed by atoms with Gasteiger partial charge in [0.05, 0.1) is 6.04 Å². The van der Waals surface area contributed by atoms with Crippen LogP contribution in [-0.4, -0.2) is 60.5 Å². The fraction of sp³-hybridized carbons (Fsp3) is 0.917. The second kappa shape index (κ2) is 4.34. The predicted octanol–water partition coefficient (Wildman–Crippen LogP) is 0.0450. The number of hydrogen-bond donors (Lipinski definition) is 1. The Bertz CT molecular complexity index is 263. The van der Waals surface area contributed by atoms with Crippen LogP contribution in [0.1, 0.15) is 25.7 Å². The molecule has 1 atom stereocenters. The molecule has 2 heterocycles. The SMILES string of the molecule is O=C([C@H]1CCCN1)N1CCN(C2CC2)CC1. The van der Waals surface area contributed by atoms with Crippen molar-refractivity contribution in [1.29, 1.82) is 0 Å². The molecule has 1 aliphatic carbocycles. The molecule has 4 heteroatoms. The Labute approximate surface area is 97.0 Å². The van der Waals surface area contributed by atoms with E-state index < -0.39 is 0 Å². The molecule has 0 spiro atoms. The van der Waals surface area contributed by atoms with Crippen molar-refractivity contribution in [2.75, 3.05) is 32.7 Å². The molecule has 0 aromatic carbocycles. The number of nitrogens with one attached hydrogen (secondary N) is 1. The number of carbonyl (C=O) groups is 1. The highest BCUT2D eigenvalue weighted by Crippen LogP contribution is 2.27. The van der Waals surface area contributed by atoms with E-state index in [0.717, 1.165) is 51.6 Å². The van der Waals surface area contributed by atoms with E-state index in [9.17, 15) is 4.79 Å². The van der Waals surface area contributed by atoms with Gasteiger partial charge in [0.15, 0.2) is 0 Å². The lowest BCUT2D eigenvalue weighted by atomic mass is 10.2. The van der Waals surface area contributed by atoms with Crippen LogP contribution in [-0.2, 0) is 4.79 Å². The zero-order valence-electron chi connectivity index (χ0n) is 9.82. The quantitative estimate of drug-likeness (QED) is 0.718. The first-order valence-electron chi connectivity index (χ1n) is 6.61. The lowest BCUT2D eigenvalue weighted by Crippen LogP contribution is -2.53. The Hall–Kier alpha value is -0.610. The van der Waals surface area contributed by atoms with Crippen LogP contribution in [0, 0.1) is 0 Å². The molecular formula is C12H21N3O. The van der Waals surface area contributed by atoms with E-state index in [4.69, 9.17) is 0 Å². The minimum atomic E-state index is 0.118. The Morgan fingerprint density at radius 2 is 1.81 bits per heavy atom. The average molecular weight is 223 g/mol. The molecule has 3 aliphatic rings. The maximum absolute atomic E-state index is 12.1.